The Morgan fingerprint density at radius 2 is 2.36 bits per heavy atom. The Balaban J connectivity index is 2.82. The molecule has 0 atom stereocenters. The third-order valence-electron chi connectivity index (χ3n) is 1.38. The van der Waals surface area contributed by atoms with Crippen molar-refractivity contribution in [2.75, 3.05) is 5.73 Å². The van der Waals surface area contributed by atoms with E-state index < -0.39 is 0 Å². The van der Waals surface area contributed by atoms with Crippen LogP contribution in [0.4, 0.5) is 5.69 Å². The Kier molecular flexibility index (Phi) is 1.29. The van der Waals surface area contributed by atoms with Crippen LogP contribution in [-0.2, 0) is 0 Å². The van der Waals surface area contributed by atoms with Gasteiger partial charge in [0.1, 0.15) is 0 Å². The highest BCUT2D eigenvalue weighted by molar-refractivity contribution is 7.18. The second kappa shape index (κ2) is 2.17. The normalized spacial score (nSPS) is 10.6. The molecule has 2 N–H and O–H groups in total. The maximum absolute atomic E-state index is 5.55. The van der Waals surface area contributed by atoms with Crippen molar-refractivity contribution in [2.24, 2.45) is 0 Å². The Labute approximate surface area is 67.9 Å². The number of nitrogens with zero attached hydrogens (tertiary/aromatic N) is 2. The fourth-order valence-corrected chi connectivity index (χ4v) is 1.78. The first-order chi connectivity index (χ1) is 5.25. The zero-order valence-electron chi connectivity index (χ0n) is 6.03. The van der Waals surface area contributed by atoms with Gasteiger partial charge in [-0.25, -0.2) is 9.97 Å². The zero-order chi connectivity index (χ0) is 7.84. The monoisotopic (exact) mass is 165 g/mol. The minimum absolute atomic E-state index is 0.696. The highest BCUT2D eigenvalue weighted by Crippen LogP contribution is 2.20. The molecule has 0 amide bonds. The van der Waals surface area contributed by atoms with Gasteiger partial charge in [-0.3, -0.25) is 0 Å². The van der Waals surface area contributed by atoms with Gasteiger partial charge in [0.2, 0.25) is 0 Å². The van der Waals surface area contributed by atoms with E-state index in [1.807, 2.05) is 13.0 Å². The molecular weight excluding hydrogens is 158 g/mol. The SMILES string of the molecule is Cc1nc2ncc(N)cc2s1. The third-order valence-corrected chi connectivity index (χ3v) is 2.28. The van der Waals surface area contributed by atoms with E-state index in [0.29, 0.717) is 5.69 Å². The van der Waals surface area contributed by atoms with Crippen LogP contribution in [0, 0.1) is 6.92 Å². The molecule has 2 rings (SSSR count). The van der Waals surface area contributed by atoms with Gasteiger partial charge < -0.3 is 5.73 Å². The predicted octanol–water partition coefficient (Wildman–Crippen LogP) is 1.58. The van der Waals surface area contributed by atoms with Gasteiger partial charge in [0.25, 0.3) is 0 Å². The van der Waals surface area contributed by atoms with Crippen molar-refractivity contribution in [3.8, 4) is 0 Å². The smallest absolute Gasteiger partial charge is 0.170 e. The number of nitrogens with two attached hydrogens (primary N) is 1. The Morgan fingerprint density at radius 1 is 1.55 bits per heavy atom. The molecular formula is C7H7N3S. The molecule has 0 fully saturated rings. The van der Waals surface area contributed by atoms with Crippen LogP contribution in [0.3, 0.4) is 0 Å². The van der Waals surface area contributed by atoms with Crippen molar-refractivity contribution < 1.29 is 0 Å². The van der Waals surface area contributed by atoms with E-state index >= 15 is 0 Å². The molecule has 11 heavy (non-hydrogen) atoms. The van der Waals surface area contributed by atoms with Crippen LogP contribution < -0.4 is 5.73 Å². The van der Waals surface area contributed by atoms with E-state index in [1.54, 1.807) is 17.5 Å². The maximum Gasteiger partial charge on any atom is 0.170 e. The molecule has 4 heteroatoms. The summed E-state index contributed by atoms with van der Waals surface area (Å²) in [6, 6.07) is 1.90. The van der Waals surface area contributed by atoms with Crippen LogP contribution in [0.2, 0.25) is 0 Å². The molecule has 0 aliphatic heterocycles. The van der Waals surface area contributed by atoms with Gasteiger partial charge in [-0.15, -0.1) is 11.3 Å². The van der Waals surface area contributed by atoms with Gasteiger partial charge in [0.15, 0.2) is 5.65 Å². The summed E-state index contributed by atoms with van der Waals surface area (Å²) < 4.78 is 1.06. The lowest BCUT2D eigenvalue weighted by molar-refractivity contribution is 1.27. The summed E-state index contributed by atoms with van der Waals surface area (Å²) in [7, 11) is 0. The van der Waals surface area contributed by atoms with Crippen LogP contribution >= 0.6 is 11.3 Å². The number of rotatable bonds is 0. The molecule has 0 bridgehead atoms. The van der Waals surface area contributed by atoms with Gasteiger partial charge in [-0.1, -0.05) is 0 Å². The summed E-state index contributed by atoms with van der Waals surface area (Å²) in [6.45, 7) is 1.96. The molecule has 2 aromatic heterocycles. The minimum Gasteiger partial charge on any atom is -0.397 e. The lowest BCUT2D eigenvalue weighted by Crippen LogP contribution is -1.84. The van der Waals surface area contributed by atoms with Gasteiger partial charge in [-0.05, 0) is 13.0 Å². The average Bonchev–Trinajstić information content (AvgIpc) is 2.27. The summed E-state index contributed by atoms with van der Waals surface area (Å²) >= 11 is 1.61. The number of pyridine rings is 1. The molecule has 0 aromatic carbocycles. The van der Waals surface area contributed by atoms with Crippen LogP contribution in [-0.4, -0.2) is 9.97 Å². The zero-order valence-corrected chi connectivity index (χ0v) is 6.85. The second-order valence-corrected chi connectivity index (χ2v) is 3.56. The summed E-state index contributed by atoms with van der Waals surface area (Å²) in [6.07, 6.45) is 1.63. The molecule has 0 aliphatic rings. The van der Waals surface area contributed by atoms with E-state index in [2.05, 4.69) is 9.97 Å². The number of nitrogen functional groups attached to an aromatic ring is 1. The number of aromatic nitrogens is 2. The molecule has 0 aliphatic carbocycles. The lowest BCUT2D eigenvalue weighted by Gasteiger charge is -1.88. The molecule has 2 aromatic rings. The lowest BCUT2D eigenvalue weighted by atomic mass is 10.4. The summed E-state index contributed by atoms with van der Waals surface area (Å²) in [5.74, 6) is 0. The van der Waals surface area contributed by atoms with Crippen molar-refractivity contribution >= 4 is 27.4 Å². The standard InChI is InChI=1S/C7H7N3S/c1-4-10-7-6(11-4)2-5(8)3-9-7/h2-3H,8H2,1H3. The summed E-state index contributed by atoms with van der Waals surface area (Å²) in [5, 5.41) is 1.03. The quantitative estimate of drug-likeness (QED) is 0.644. The Hall–Kier alpha value is -1.16. The molecule has 0 spiro atoms. The van der Waals surface area contributed by atoms with Crippen molar-refractivity contribution in [3.05, 3.63) is 17.3 Å². The first kappa shape index (κ1) is 6.54. The first-order valence-corrected chi connectivity index (χ1v) is 4.06. The highest BCUT2D eigenvalue weighted by atomic mass is 32.1. The second-order valence-electron chi connectivity index (χ2n) is 2.32. The number of aryl methyl sites for hydroxylation is 1. The summed E-state index contributed by atoms with van der Waals surface area (Å²) in [5.41, 5.74) is 7.04. The number of thiazole rings is 1. The van der Waals surface area contributed by atoms with Crippen molar-refractivity contribution in [3.63, 3.8) is 0 Å². The number of hydrogen-bond donors (Lipinski definition) is 1. The molecule has 56 valence electrons. The van der Waals surface area contributed by atoms with Crippen LogP contribution in [0.1, 0.15) is 5.01 Å². The highest BCUT2D eigenvalue weighted by Gasteiger charge is 1.99. The Bertz CT molecular complexity index is 393. The average molecular weight is 165 g/mol. The van der Waals surface area contributed by atoms with E-state index in [-0.39, 0.29) is 0 Å². The third kappa shape index (κ3) is 1.05. The van der Waals surface area contributed by atoms with E-state index in [1.165, 1.54) is 0 Å². The largest absolute Gasteiger partial charge is 0.397 e. The van der Waals surface area contributed by atoms with Crippen molar-refractivity contribution in [1.29, 1.82) is 0 Å². The van der Waals surface area contributed by atoms with E-state index in [4.69, 9.17) is 5.73 Å². The molecule has 0 unspecified atom stereocenters. The van der Waals surface area contributed by atoms with Crippen LogP contribution in [0.15, 0.2) is 12.3 Å². The maximum atomic E-state index is 5.55. The molecule has 3 nitrogen and oxygen atoms in total. The van der Waals surface area contributed by atoms with E-state index in [0.717, 1.165) is 15.4 Å². The molecule has 0 radical (unpaired) electrons. The van der Waals surface area contributed by atoms with Crippen molar-refractivity contribution in [1.82, 2.24) is 9.97 Å². The number of fused-ring (bicyclic) bond motifs is 1. The number of hydrogen-bond acceptors (Lipinski definition) is 4. The molecule has 0 saturated heterocycles. The molecule has 2 heterocycles. The first-order valence-electron chi connectivity index (χ1n) is 3.24. The van der Waals surface area contributed by atoms with Gasteiger partial charge >= 0.3 is 0 Å². The van der Waals surface area contributed by atoms with Crippen molar-refractivity contribution in [2.45, 2.75) is 6.92 Å². The minimum atomic E-state index is 0.696. The molecule has 0 saturated carbocycles. The van der Waals surface area contributed by atoms with Gasteiger partial charge in [0, 0.05) is 0 Å². The van der Waals surface area contributed by atoms with Crippen LogP contribution in [0.5, 0.6) is 0 Å². The topological polar surface area (TPSA) is 51.8 Å². The fraction of sp³-hybridized carbons (Fsp3) is 0.143. The van der Waals surface area contributed by atoms with Crippen LogP contribution in [0.25, 0.3) is 10.3 Å². The summed E-state index contributed by atoms with van der Waals surface area (Å²) in [4.78, 5) is 8.28. The van der Waals surface area contributed by atoms with Gasteiger partial charge in [0.05, 0.1) is 21.6 Å². The predicted molar refractivity (Wildman–Crippen MR) is 46.6 cm³/mol. The fourth-order valence-electron chi connectivity index (χ4n) is 0.943. The van der Waals surface area contributed by atoms with E-state index in [9.17, 15) is 0 Å². The van der Waals surface area contributed by atoms with Gasteiger partial charge in [-0.2, -0.15) is 0 Å². The number of anilines is 1. The Morgan fingerprint density at radius 3 is 3.18 bits per heavy atom.